The van der Waals surface area contributed by atoms with Crippen LogP contribution in [0.2, 0.25) is 0 Å². The number of nitrogens with zero attached hydrogens (tertiary/aromatic N) is 1. The Morgan fingerprint density at radius 3 is 2.09 bits per heavy atom. The molecule has 3 amide bonds. The molecule has 1 aromatic carbocycles. The maximum atomic E-state index is 11.9. The number of aliphatic hydroxyl groups is 2. The van der Waals surface area contributed by atoms with Crippen LogP contribution in [0, 0.1) is 0 Å². The van der Waals surface area contributed by atoms with Crippen molar-refractivity contribution >= 4 is 29.1 Å². The molecule has 0 fully saturated rings. The number of rotatable bonds is 6. The maximum absolute atomic E-state index is 11.9. The van der Waals surface area contributed by atoms with E-state index in [1.54, 1.807) is 18.2 Å². The molecule has 1 aromatic rings. The van der Waals surface area contributed by atoms with Crippen molar-refractivity contribution < 1.29 is 24.6 Å². The van der Waals surface area contributed by atoms with Gasteiger partial charge in [0.2, 0.25) is 5.91 Å². The number of carbonyl (C=O) groups is 3. The Morgan fingerprint density at radius 1 is 1.05 bits per heavy atom. The van der Waals surface area contributed by atoms with E-state index in [1.807, 2.05) is 0 Å². The van der Waals surface area contributed by atoms with Crippen LogP contribution in [0.25, 0.3) is 0 Å². The van der Waals surface area contributed by atoms with Gasteiger partial charge in [0.05, 0.1) is 13.2 Å². The van der Waals surface area contributed by atoms with Crippen molar-refractivity contribution in [2.75, 3.05) is 36.9 Å². The van der Waals surface area contributed by atoms with Crippen molar-refractivity contribution in [3.05, 3.63) is 24.3 Å². The number of anilines is 2. The van der Waals surface area contributed by atoms with Crippen LogP contribution in [-0.4, -0.2) is 59.1 Å². The standard InChI is InChI=1S/C14H19N3O5/c1-10(20)15-11-3-2-4-12(9-11)16-13(21)14(22)17(5-7-18)6-8-19/h2-4,9,18-19H,5-8H2,1H3,(H,15,20)(H,16,21). The molecule has 0 aliphatic rings. The minimum absolute atomic E-state index is 0.0429. The normalized spacial score (nSPS) is 9.95. The van der Waals surface area contributed by atoms with Crippen LogP contribution in [-0.2, 0) is 14.4 Å². The summed E-state index contributed by atoms with van der Waals surface area (Å²) in [6.07, 6.45) is 0. The highest BCUT2D eigenvalue weighted by atomic mass is 16.3. The molecule has 0 saturated carbocycles. The molecule has 0 bridgehead atoms. The van der Waals surface area contributed by atoms with Gasteiger partial charge in [0.15, 0.2) is 0 Å². The van der Waals surface area contributed by atoms with E-state index in [1.165, 1.54) is 13.0 Å². The fourth-order valence-corrected chi connectivity index (χ4v) is 1.76. The zero-order chi connectivity index (χ0) is 16.5. The lowest BCUT2D eigenvalue weighted by molar-refractivity contribution is -0.143. The van der Waals surface area contributed by atoms with Gasteiger partial charge in [-0.25, -0.2) is 0 Å². The molecular weight excluding hydrogens is 290 g/mol. The highest BCUT2D eigenvalue weighted by Gasteiger charge is 2.21. The number of aliphatic hydroxyl groups excluding tert-OH is 2. The SMILES string of the molecule is CC(=O)Nc1cccc(NC(=O)C(=O)N(CCO)CCO)c1. The van der Waals surface area contributed by atoms with E-state index in [0.717, 1.165) is 4.90 Å². The Labute approximate surface area is 127 Å². The Bertz CT molecular complexity index is 541. The molecule has 4 N–H and O–H groups in total. The number of benzene rings is 1. The predicted molar refractivity (Wildman–Crippen MR) is 80.1 cm³/mol. The van der Waals surface area contributed by atoms with Gasteiger partial charge in [-0.05, 0) is 18.2 Å². The first-order valence-corrected chi connectivity index (χ1v) is 6.67. The summed E-state index contributed by atoms with van der Waals surface area (Å²) in [5.74, 6) is -1.99. The van der Waals surface area contributed by atoms with Gasteiger partial charge in [0.1, 0.15) is 0 Å². The summed E-state index contributed by atoms with van der Waals surface area (Å²) in [6.45, 7) is 0.655. The molecule has 22 heavy (non-hydrogen) atoms. The van der Waals surface area contributed by atoms with Crippen molar-refractivity contribution in [3.63, 3.8) is 0 Å². The van der Waals surface area contributed by atoms with E-state index in [2.05, 4.69) is 10.6 Å². The molecule has 8 nitrogen and oxygen atoms in total. The second-order valence-electron chi connectivity index (χ2n) is 4.46. The van der Waals surface area contributed by atoms with Gasteiger partial charge in [-0.3, -0.25) is 14.4 Å². The third-order valence-electron chi connectivity index (χ3n) is 2.66. The third-order valence-corrected chi connectivity index (χ3v) is 2.66. The summed E-state index contributed by atoms with van der Waals surface area (Å²) in [5, 5.41) is 22.7. The molecule has 0 spiro atoms. The molecule has 0 aliphatic carbocycles. The van der Waals surface area contributed by atoms with Crippen molar-refractivity contribution in [3.8, 4) is 0 Å². The van der Waals surface area contributed by atoms with E-state index >= 15 is 0 Å². The number of carbonyl (C=O) groups excluding carboxylic acids is 3. The van der Waals surface area contributed by atoms with Gasteiger partial charge in [-0.1, -0.05) is 6.07 Å². The molecule has 0 heterocycles. The lowest BCUT2D eigenvalue weighted by atomic mass is 10.2. The lowest BCUT2D eigenvalue weighted by Crippen LogP contribution is -2.42. The summed E-state index contributed by atoms with van der Waals surface area (Å²) >= 11 is 0. The van der Waals surface area contributed by atoms with Crippen LogP contribution in [0.5, 0.6) is 0 Å². The van der Waals surface area contributed by atoms with E-state index in [0.29, 0.717) is 11.4 Å². The number of hydrogen-bond acceptors (Lipinski definition) is 5. The second kappa shape index (κ2) is 8.75. The molecular formula is C14H19N3O5. The monoisotopic (exact) mass is 309 g/mol. The first-order chi connectivity index (χ1) is 10.5. The molecule has 0 atom stereocenters. The average molecular weight is 309 g/mol. The zero-order valence-electron chi connectivity index (χ0n) is 12.2. The molecule has 0 unspecified atom stereocenters. The number of hydrogen-bond donors (Lipinski definition) is 4. The third kappa shape index (κ3) is 5.51. The highest BCUT2D eigenvalue weighted by molar-refractivity contribution is 6.39. The van der Waals surface area contributed by atoms with Gasteiger partial charge in [0, 0.05) is 31.4 Å². The topological polar surface area (TPSA) is 119 Å². The van der Waals surface area contributed by atoms with E-state index in [4.69, 9.17) is 10.2 Å². The minimum atomic E-state index is -0.887. The van der Waals surface area contributed by atoms with Gasteiger partial charge in [-0.15, -0.1) is 0 Å². The van der Waals surface area contributed by atoms with Gasteiger partial charge in [0.25, 0.3) is 0 Å². The van der Waals surface area contributed by atoms with E-state index < -0.39 is 11.8 Å². The number of amides is 3. The second-order valence-corrected chi connectivity index (χ2v) is 4.46. The fraction of sp³-hybridized carbons (Fsp3) is 0.357. The van der Waals surface area contributed by atoms with Crippen LogP contribution in [0.15, 0.2) is 24.3 Å². The Kier molecular flexibility index (Phi) is 7.00. The Balaban J connectivity index is 2.74. The van der Waals surface area contributed by atoms with E-state index in [-0.39, 0.29) is 32.2 Å². The minimum Gasteiger partial charge on any atom is -0.395 e. The Morgan fingerprint density at radius 2 is 1.59 bits per heavy atom. The van der Waals surface area contributed by atoms with Gasteiger partial charge >= 0.3 is 11.8 Å². The molecule has 0 aromatic heterocycles. The molecule has 0 aliphatic heterocycles. The van der Waals surface area contributed by atoms with Gasteiger partial charge in [-0.2, -0.15) is 0 Å². The van der Waals surface area contributed by atoms with Gasteiger partial charge < -0.3 is 25.7 Å². The molecule has 120 valence electrons. The smallest absolute Gasteiger partial charge is 0.313 e. The summed E-state index contributed by atoms with van der Waals surface area (Å²) in [7, 11) is 0. The average Bonchev–Trinajstić information content (AvgIpc) is 2.46. The quantitative estimate of drug-likeness (QED) is 0.523. The first kappa shape index (κ1) is 17.6. The van der Waals surface area contributed by atoms with Crippen LogP contribution in [0.4, 0.5) is 11.4 Å². The summed E-state index contributed by atoms with van der Waals surface area (Å²) in [5.41, 5.74) is 0.831. The fourth-order valence-electron chi connectivity index (χ4n) is 1.76. The summed E-state index contributed by atoms with van der Waals surface area (Å²) in [4.78, 5) is 35.8. The molecule has 0 saturated heterocycles. The molecule has 8 heteroatoms. The highest BCUT2D eigenvalue weighted by Crippen LogP contribution is 2.15. The van der Waals surface area contributed by atoms with Crippen molar-refractivity contribution in [2.24, 2.45) is 0 Å². The molecule has 0 radical (unpaired) electrons. The molecule has 1 rings (SSSR count). The van der Waals surface area contributed by atoms with Crippen LogP contribution in [0.3, 0.4) is 0 Å². The number of nitrogens with one attached hydrogen (secondary N) is 2. The van der Waals surface area contributed by atoms with Crippen LogP contribution in [0.1, 0.15) is 6.92 Å². The Hall–Kier alpha value is -2.45. The summed E-state index contributed by atoms with van der Waals surface area (Å²) < 4.78 is 0. The largest absolute Gasteiger partial charge is 0.395 e. The van der Waals surface area contributed by atoms with Crippen LogP contribution < -0.4 is 10.6 Å². The predicted octanol–water partition coefficient (Wildman–Crippen LogP) is -0.603. The lowest BCUT2D eigenvalue weighted by Gasteiger charge is -2.19. The van der Waals surface area contributed by atoms with Crippen molar-refractivity contribution in [1.29, 1.82) is 0 Å². The first-order valence-electron chi connectivity index (χ1n) is 6.67. The van der Waals surface area contributed by atoms with Crippen molar-refractivity contribution in [1.82, 2.24) is 4.90 Å². The van der Waals surface area contributed by atoms with E-state index in [9.17, 15) is 14.4 Å². The maximum Gasteiger partial charge on any atom is 0.313 e. The zero-order valence-corrected chi connectivity index (χ0v) is 12.2. The van der Waals surface area contributed by atoms with Crippen molar-refractivity contribution in [2.45, 2.75) is 6.92 Å². The van der Waals surface area contributed by atoms with Crippen LogP contribution >= 0.6 is 0 Å². The summed E-state index contributed by atoms with van der Waals surface area (Å²) in [6, 6.07) is 6.33.